The topological polar surface area (TPSA) is 24.9 Å². The molecule has 1 heterocycles. The predicted molar refractivity (Wildman–Crippen MR) is 76.2 cm³/mol. The minimum Gasteiger partial charge on any atom is -0.331 e. The zero-order chi connectivity index (χ0) is 11.7. The number of aryl methyl sites for hydroxylation is 1. The summed E-state index contributed by atoms with van der Waals surface area (Å²) >= 11 is 5.01. The van der Waals surface area contributed by atoms with E-state index in [9.17, 15) is 0 Å². The molecule has 1 aromatic heterocycles. The first-order chi connectivity index (χ1) is 8.33. The monoisotopic (exact) mass is 308 g/mol. The van der Waals surface area contributed by atoms with E-state index in [1.165, 1.54) is 42.5 Å². The van der Waals surface area contributed by atoms with E-state index in [2.05, 4.69) is 44.4 Å². The van der Waals surface area contributed by atoms with E-state index in [4.69, 9.17) is 0 Å². The molecule has 3 rings (SSSR count). The molecule has 0 radical (unpaired) electrons. The van der Waals surface area contributed by atoms with Crippen LogP contribution >= 0.6 is 27.3 Å². The molecule has 0 bridgehead atoms. The van der Waals surface area contributed by atoms with Crippen molar-refractivity contribution in [2.75, 3.05) is 5.32 Å². The number of nitrogens with one attached hydrogen (secondary N) is 1. The summed E-state index contributed by atoms with van der Waals surface area (Å²) in [5, 5.41) is 6.38. The van der Waals surface area contributed by atoms with Crippen LogP contribution in [0.5, 0.6) is 0 Å². The minimum absolute atomic E-state index is 0.898. The zero-order valence-corrected chi connectivity index (χ0v) is 11.8. The number of aromatic nitrogens is 1. The van der Waals surface area contributed by atoms with Crippen molar-refractivity contribution < 1.29 is 0 Å². The Morgan fingerprint density at radius 1 is 1.24 bits per heavy atom. The summed E-state index contributed by atoms with van der Waals surface area (Å²) in [6.07, 6.45) is 5.02. The number of thiazole rings is 1. The normalized spacial score (nSPS) is 14.4. The first-order valence-electron chi connectivity index (χ1n) is 5.82. The highest BCUT2D eigenvalue weighted by atomic mass is 79.9. The maximum Gasteiger partial charge on any atom is 0.188 e. The third kappa shape index (κ3) is 2.38. The fourth-order valence-corrected chi connectivity index (χ4v) is 3.48. The fraction of sp³-hybridized carbons (Fsp3) is 0.308. The van der Waals surface area contributed by atoms with Crippen LogP contribution in [-0.2, 0) is 12.8 Å². The largest absolute Gasteiger partial charge is 0.331 e. The number of fused-ring (bicyclic) bond motifs is 1. The minimum atomic E-state index is 0.898. The van der Waals surface area contributed by atoms with Crippen LogP contribution < -0.4 is 5.32 Å². The number of rotatable bonds is 2. The van der Waals surface area contributed by atoms with Gasteiger partial charge in [-0.2, -0.15) is 0 Å². The van der Waals surface area contributed by atoms with Crippen molar-refractivity contribution in [3.8, 4) is 0 Å². The first kappa shape index (κ1) is 11.2. The van der Waals surface area contributed by atoms with Gasteiger partial charge in [-0.05, 0) is 58.8 Å². The maximum absolute atomic E-state index is 4.38. The molecule has 0 saturated carbocycles. The smallest absolute Gasteiger partial charge is 0.188 e. The Morgan fingerprint density at radius 3 is 2.94 bits per heavy atom. The second kappa shape index (κ2) is 4.78. The van der Waals surface area contributed by atoms with E-state index in [0.29, 0.717) is 0 Å². The molecule has 17 heavy (non-hydrogen) atoms. The standard InChI is InChI=1S/C13H13BrN2S/c14-12-8-17-13(16-12)15-11-7-3-5-9-4-1-2-6-10(9)11/h3,5,7-8H,1-2,4,6H2,(H,15,16). The highest BCUT2D eigenvalue weighted by Gasteiger charge is 2.13. The van der Waals surface area contributed by atoms with Gasteiger partial charge in [-0.1, -0.05) is 12.1 Å². The van der Waals surface area contributed by atoms with Gasteiger partial charge in [0.15, 0.2) is 5.13 Å². The summed E-state index contributed by atoms with van der Waals surface area (Å²) in [5.41, 5.74) is 4.20. The molecule has 88 valence electrons. The maximum atomic E-state index is 4.38. The zero-order valence-electron chi connectivity index (χ0n) is 9.37. The summed E-state index contributed by atoms with van der Waals surface area (Å²) in [5.74, 6) is 0. The first-order valence-corrected chi connectivity index (χ1v) is 7.49. The average Bonchev–Trinajstić information content (AvgIpc) is 2.75. The molecule has 1 aliphatic carbocycles. The van der Waals surface area contributed by atoms with Gasteiger partial charge in [-0.15, -0.1) is 11.3 Å². The molecule has 0 fully saturated rings. The van der Waals surface area contributed by atoms with Crippen molar-refractivity contribution in [1.82, 2.24) is 4.98 Å². The number of nitrogens with zero attached hydrogens (tertiary/aromatic N) is 1. The lowest BCUT2D eigenvalue weighted by atomic mass is 9.90. The van der Waals surface area contributed by atoms with E-state index >= 15 is 0 Å². The molecule has 2 aromatic rings. The molecule has 4 heteroatoms. The second-order valence-electron chi connectivity index (χ2n) is 4.25. The molecule has 2 nitrogen and oxygen atoms in total. The van der Waals surface area contributed by atoms with Crippen molar-refractivity contribution in [2.45, 2.75) is 25.7 Å². The second-order valence-corrected chi connectivity index (χ2v) is 5.92. The summed E-state index contributed by atoms with van der Waals surface area (Å²) in [7, 11) is 0. The predicted octanol–water partition coefficient (Wildman–Crippen LogP) is 4.53. The number of anilines is 2. The number of benzene rings is 1. The number of hydrogen-bond acceptors (Lipinski definition) is 3. The molecule has 0 atom stereocenters. The molecular formula is C13H13BrN2S. The van der Waals surface area contributed by atoms with Crippen LogP contribution in [-0.4, -0.2) is 4.98 Å². The molecule has 1 N–H and O–H groups in total. The van der Waals surface area contributed by atoms with Crippen LogP contribution in [0.2, 0.25) is 0 Å². The quantitative estimate of drug-likeness (QED) is 0.881. The van der Waals surface area contributed by atoms with Gasteiger partial charge in [-0.3, -0.25) is 0 Å². The van der Waals surface area contributed by atoms with Crippen LogP contribution in [0.25, 0.3) is 0 Å². The molecule has 0 aliphatic heterocycles. The van der Waals surface area contributed by atoms with Gasteiger partial charge in [0.2, 0.25) is 0 Å². The van der Waals surface area contributed by atoms with Gasteiger partial charge < -0.3 is 5.32 Å². The highest BCUT2D eigenvalue weighted by Crippen LogP contribution is 2.31. The third-order valence-corrected chi connectivity index (χ3v) is 4.58. The Bertz CT molecular complexity index is 536. The van der Waals surface area contributed by atoms with Crippen LogP contribution in [0, 0.1) is 0 Å². The lowest BCUT2D eigenvalue weighted by Gasteiger charge is -2.19. The Morgan fingerprint density at radius 2 is 2.12 bits per heavy atom. The fourth-order valence-electron chi connectivity index (χ4n) is 2.33. The van der Waals surface area contributed by atoms with E-state index in [-0.39, 0.29) is 0 Å². The van der Waals surface area contributed by atoms with Gasteiger partial charge in [0.1, 0.15) is 4.60 Å². The number of hydrogen-bond donors (Lipinski definition) is 1. The van der Waals surface area contributed by atoms with Gasteiger partial charge in [0.05, 0.1) is 0 Å². The highest BCUT2D eigenvalue weighted by molar-refractivity contribution is 9.10. The van der Waals surface area contributed by atoms with Crippen molar-refractivity contribution in [3.63, 3.8) is 0 Å². The lowest BCUT2D eigenvalue weighted by Crippen LogP contribution is -2.05. The Labute approximate surface area is 113 Å². The Hall–Kier alpha value is -0.870. The van der Waals surface area contributed by atoms with Crippen LogP contribution in [0.15, 0.2) is 28.2 Å². The molecule has 0 spiro atoms. The molecule has 1 aromatic carbocycles. The van der Waals surface area contributed by atoms with Gasteiger partial charge in [-0.25, -0.2) is 4.98 Å². The Kier molecular flexibility index (Phi) is 3.16. The van der Waals surface area contributed by atoms with E-state index < -0.39 is 0 Å². The summed E-state index contributed by atoms with van der Waals surface area (Å²) in [4.78, 5) is 4.38. The van der Waals surface area contributed by atoms with Gasteiger partial charge >= 0.3 is 0 Å². The van der Waals surface area contributed by atoms with Crippen molar-refractivity contribution >= 4 is 38.1 Å². The molecular weight excluding hydrogens is 296 g/mol. The van der Waals surface area contributed by atoms with Crippen molar-refractivity contribution in [3.05, 3.63) is 39.3 Å². The van der Waals surface area contributed by atoms with Gasteiger partial charge in [0.25, 0.3) is 0 Å². The van der Waals surface area contributed by atoms with E-state index in [1.807, 2.05) is 5.38 Å². The van der Waals surface area contributed by atoms with Crippen molar-refractivity contribution in [2.24, 2.45) is 0 Å². The van der Waals surface area contributed by atoms with Crippen LogP contribution in [0.4, 0.5) is 10.8 Å². The Balaban J connectivity index is 1.92. The average molecular weight is 309 g/mol. The molecule has 0 amide bonds. The van der Waals surface area contributed by atoms with Gasteiger partial charge in [0, 0.05) is 11.1 Å². The summed E-state index contributed by atoms with van der Waals surface area (Å²) in [6.45, 7) is 0. The van der Waals surface area contributed by atoms with E-state index in [0.717, 1.165) is 9.73 Å². The van der Waals surface area contributed by atoms with Crippen LogP contribution in [0.3, 0.4) is 0 Å². The number of halogens is 1. The third-order valence-electron chi connectivity index (χ3n) is 3.11. The van der Waals surface area contributed by atoms with Crippen molar-refractivity contribution in [1.29, 1.82) is 0 Å². The SMILES string of the molecule is Brc1csc(Nc2cccc3c2CCCC3)n1. The lowest BCUT2D eigenvalue weighted by molar-refractivity contribution is 0.687. The molecule has 0 saturated heterocycles. The summed E-state index contributed by atoms with van der Waals surface area (Å²) in [6, 6.07) is 6.53. The van der Waals surface area contributed by atoms with E-state index in [1.54, 1.807) is 11.3 Å². The van der Waals surface area contributed by atoms with Crippen LogP contribution in [0.1, 0.15) is 24.0 Å². The molecule has 1 aliphatic rings. The molecule has 0 unspecified atom stereocenters. The summed E-state index contributed by atoms with van der Waals surface area (Å²) < 4.78 is 0.898.